The zero-order valence-corrected chi connectivity index (χ0v) is 16.4. The molecule has 1 saturated heterocycles. The van der Waals surface area contributed by atoms with E-state index in [1.807, 2.05) is 20.8 Å². The molecule has 3 aliphatic heterocycles. The van der Waals surface area contributed by atoms with Gasteiger partial charge in [-0.3, -0.25) is 5.01 Å². The Morgan fingerprint density at radius 2 is 2.00 bits per heavy atom. The normalized spacial score (nSPS) is 22.9. The van der Waals surface area contributed by atoms with Crippen molar-refractivity contribution in [3.05, 3.63) is 23.7 Å². The third-order valence-electron chi connectivity index (χ3n) is 4.68. The first-order valence-corrected chi connectivity index (χ1v) is 9.45. The number of likely N-dealkylation sites (tertiary alicyclic amines) is 1. The Hall–Kier alpha value is -2.35. The Kier molecular flexibility index (Phi) is 5.55. The first-order chi connectivity index (χ1) is 12.8. The van der Waals surface area contributed by atoms with E-state index < -0.39 is 5.60 Å². The second-order valence-electron chi connectivity index (χ2n) is 7.92. The highest BCUT2D eigenvalue weighted by Gasteiger charge is 2.34. The van der Waals surface area contributed by atoms with Crippen molar-refractivity contribution >= 4 is 18.3 Å². The second-order valence-corrected chi connectivity index (χ2v) is 7.92. The molecule has 0 aromatic carbocycles. The van der Waals surface area contributed by atoms with E-state index in [-0.39, 0.29) is 18.1 Å². The average molecular weight is 376 g/mol. The molecule has 1 N–H and O–H groups in total. The van der Waals surface area contributed by atoms with Crippen molar-refractivity contribution < 1.29 is 19.1 Å². The molecule has 3 aliphatic rings. The molecule has 0 saturated carbocycles. The minimum Gasteiger partial charge on any atom is -0.462 e. The number of esters is 1. The number of piperidine rings is 1. The van der Waals surface area contributed by atoms with E-state index >= 15 is 0 Å². The van der Waals surface area contributed by atoms with Crippen LogP contribution < -0.4 is 5.43 Å². The fraction of sp³-hybridized carbons (Fsp3) is 0.632. The van der Waals surface area contributed by atoms with Crippen LogP contribution in [-0.2, 0) is 14.3 Å². The molecule has 8 nitrogen and oxygen atoms in total. The minimum atomic E-state index is -0.477. The maximum Gasteiger partial charge on any atom is 0.410 e. The van der Waals surface area contributed by atoms with E-state index in [1.165, 1.54) is 6.21 Å². The lowest BCUT2D eigenvalue weighted by atomic mass is 9.90. The molecule has 0 spiro atoms. The molecule has 148 valence electrons. The fourth-order valence-electron chi connectivity index (χ4n) is 3.35. The van der Waals surface area contributed by atoms with E-state index in [0.717, 1.165) is 18.7 Å². The van der Waals surface area contributed by atoms with Crippen molar-refractivity contribution in [1.29, 1.82) is 0 Å². The van der Waals surface area contributed by atoms with Crippen LogP contribution in [0.2, 0.25) is 0 Å². The number of nitrogens with zero attached hydrogens (tertiary/aromatic N) is 3. The van der Waals surface area contributed by atoms with E-state index in [0.29, 0.717) is 31.2 Å². The summed E-state index contributed by atoms with van der Waals surface area (Å²) in [6.45, 7) is 9.09. The summed E-state index contributed by atoms with van der Waals surface area (Å²) in [6.07, 6.45) is 6.84. The van der Waals surface area contributed by atoms with Crippen molar-refractivity contribution in [2.24, 2.45) is 10.9 Å². The first-order valence-electron chi connectivity index (χ1n) is 9.45. The van der Waals surface area contributed by atoms with Gasteiger partial charge in [-0.15, -0.1) is 0 Å². The maximum absolute atomic E-state index is 12.2. The zero-order chi connectivity index (χ0) is 19.6. The van der Waals surface area contributed by atoms with Gasteiger partial charge in [-0.1, -0.05) is 0 Å². The van der Waals surface area contributed by atoms with Crippen molar-refractivity contribution in [3.63, 3.8) is 0 Å². The Morgan fingerprint density at radius 1 is 1.30 bits per heavy atom. The number of hydrogen-bond donors (Lipinski definition) is 1. The van der Waals surface area contributed by atoms with Crippen LogP contribution in [0.5, 0.6) is 0 Å². The Labute approximate surface area is 159 Å². The van der Waals surface area contributed by atoms with Crippen LogP contribution in [0, 0.1) is 5.92 Å². The molecule has 8 heteroatoms. The predicted octanol–water partition coefficient (Wildman–Crippen LogP) is 2.20. The quantitative estimate of drug-likeness (QED) is 0.760. The minimum absolute atomic E-state index is 0.121. The molecule has 1 amide bonds. The van der Waals surface area contributed by atoms with Crippen molar-refractivity contribution in [3.8, 4) is 0 Å². The summed E-state index contributed by atoms with van der Waals surface area (Å²) < 4.78 is 10.5. The van der Waals surface area contributed by atoms with Crippen molar-refractivity contribution in [2.45, 2.75) is 52.2 Å². The van der Waals surface area contributed by atoms with E-state index in [1.54, 1.807) is 23.0 Å². The molecule has 1 atom stereocenters. The molecule has 0 bridgehead atoms. The summed E-state index contributed by atoms with van der Waals surface area (Å²) >= 11 is 0. The van der Waals surface area contributed by atoms with E-state index in [9.17, 15) is 9.59 Å². The van der Waals surface area contributed by atoms with Crippen LogP contribution >= 0.6 is 0 Å². The number of hydrazine groups is 1. The molecular formula is C19H28N4O4. The summed E-state index contributed by atoms with van der Waals surface area (Å²) in [5.41, 5.74) is 3.32. The SMILES string of the molecule is CCOC(=O)C1=CN2NC(C3CCN(C(=O)OC(C)(C)C)CC3)C=C2N=C1. The van der Waals surface area contributed by atoms with Crippen molar-refractivity contribution in [1.82, 2.24) is 15.3 Å². The Bertz CT molecular complexity index is 684. The highest BCUT2D eigenvalue weighted by molar-refractivity contribution is 6.10. The lowest BCUT2D eigenvalue weighted by Crippen LogP contribution is -2.46. The van der Waals surface area contributed by atoms with Gasteiger partial charge in [0.05, 0.1) is 18.2 Å². The van der Waals surface area contributed by atoms with Crippen LogP contribution in [0.1, 0.15) is 40.5 Å². The van der Waals surface area contributed by atoms with Gasteiger partial charge in [-0.05, 0) is 52.5 Å². The first kappa shape index (κ1) is 19.4. The van der Waals surface area contributed by atoms with Gasteiger partial charge in [-0.25, -0.2) is 20.0 Å². The van der Waals surface area contributed by atoms with Gasteiger partial charge in [0.25, 0.3) is 0 Å². The van der Waals surface area contributed by atoms with E-state index in [2.05, 4.69) is 16.5 Å². The van der Waals surface area contributed by atoms with Gasteiger partial charge in [0.15, 0.2) is 0 Å². The van der Waals surface area contributed by atoms with Crippen LogP contribution in [-0.4, -0.2) is 59.5 Å². The highest BCUT2D eigenvalue weighted by atomic mass is 16.6. The van der Waals surface area contributed by atoms with Crippen LogP contribution in [0.15, 0.2) is 28.7 Å². The van der Waals surface area contributed by atoms with Crippen molar-refractivity contribution in [2.75, 3.05) is 19.7 Å². The number of aliphatic imine (C=N–C) groups is 1. The monoisotopic (exact) mass is 376 g/mol. The smallest absolute Gasteiger partial charge is 0.410 e. The van der Waals surface area contributed by atoms with Gasteiger partial charge in [-0.2, -0.15) is 0 Å². The third-order valence-corrected chi connectivity index (χ3v) is 4.68. The predicted molar refractivity (Wildman–Crippen MR) is 101 cm³/mol. The number of carbonyl (C=O) groups excluding carboxylic acids is 2. The molecule has 3 rings (SSSR count). The Balaban J connectivity index is 1.54. The zero-order valence-electron chi connectivity index (χ0n) is 16.4. The van der Waals surface area contributed by atoms with Gasteiger partial charge < -0.3 is 14.4 Å². The van der Waals surface area contributed by atoms with Gasteiger partial charge >= 0.3 is 12.1 Å². The summed E-state index contributed by atoms with van der Waals surface area (Å²) in [7, 11) is 0. The lowest BCUT2D eigenvalue weighted by molar-refractivity contribution is -0.137. The van der Waals surface area contributed by atoms with Crippen LogP contribution in [0.25, 0.3) is 0 Å². The molecule has 0 aromatic rings. The second kappa shape index (κ2) is 7.72. The molecule has 27 heavy (non-hydrogen) atoms. The third kappa shape index (κ3) is 4.68. The lowest BCUT2D eigenvalue weighted by Gasteiger charge is -2.35. The summed E-state index contributed by atoms with van der Waals surface area (Å²) in [5, 5.41) is 1.77. The summed E-state index contributed by atoms with van der Waals surface area (Å²) in [4.78, 5) is 30.2. The number of hydrogen-bond acceptors (Lipinski definition) is 7. The number of amides is 1. The van der Waals surface area contributed by atoms with Crippen LogP contribution in [0.3, 0.4) is 0 Å². The molecule has 3 heterocycles. The number of ether oxygens (including phenoxy) is 2. The standard InChI is InChI=1S/C19H28N4O4/c1-5-26-17(24)14-11-20-16-10-15(21-23(16)12-14)13-6-8-22(9-7-13)18(25)27-19(2,3)4/h10-13,15,21H,5-9H2,1-4H3. The molecule has 1 unspecified atom stereocenters. The van der Waals surface area contributed by atoms with E-state index in [4.69, 9.17) is 9.47 Å². The molecule has 0 radical (unpaired) electrons. The highest BCUT2D eigenvalue weighted by Crippen LogP contribution is 2.29. The van der Waals surface area contributed by atoms with Crippen LogP contribution in [0.4, 0.5) is 4.79 Å². The fourth-order valence-corrected chi connectivity index (χ4v) is 3.35. The summed E-state index contributed by atoms with van der Waals surface area (Å²) in [5.74, 6) is 0.787. The number of carbonyl (C=O) groups is 2. The maximum atomic E-state index is 12.2. The number of rotatable bonds is 3. The van der Waals surface area contributed by atoms with Gasteiger partial charge in [0, 0.05) is 25.5 Å². The topological polar surface area (TPSA) is 83.5 Å². The number of nitrogens with one attached hydrogen (secondary N) is 1. The number of fused-ring (bicyclic) bond motifs is 1. The Morgan fingerprint density at radius 3 is 2.63 bits per heavy atom. The molecule has 0 aliphatic carbocycles. The molecule has 1 fully saturated rings. The summed E-state index contributed by atoms with van der Waals surface area (Å²) in [6, 6.07) is 0.121. The van der Waals surface area contributed by atoms with Gasteiger partial charge in [0.1, 0.15) is 11.4 Å². The average Bonchev–Trinajstić information content (AvgIpc) is 3.04. The largest absolute Gasteiger partial charge is 0.462 e. The molecule has 0 aromatic heterocycles. The molecular weight excluding hydrogens is 348 g/mol. The van der Waals surface area contributed by atoms with Gasteiger partial charge in [0.2, 0.25) is 0 Å².